The molecule has 1 aromatic carbocycles. The molecule has 0 saturated carbocycles. The van der Waals surface area contributed by atoms with Crippen molar-refractivity contribution < 1.29 is 14.3 Å². The van der Waals surface area contributed by atoms with E-state index in [1.165, 1.54) is 16.8 Å². The molecular weight excluding hydrogens is 237 g/mol. The second kappa shape index (κ2) is 4.56. The third kappa shape index (κ3) is 1.97. The predicted molar refractivity (Wildman–Crippen MR) is 62.8 cm³/mol. The highest BCUT2D eigenvalue weighted by molar-refractivity contribution is 5.92. The maximum atomic E-state index is 13.8. The number of halogens is 1. The van der Waals surface area contributed by atoms with Gasteiger partial charge in [-0.25, -0.2) is 13.9 Å². The van der Waals surface area contributed by atoms with E-state index in [0.29, 0.717) is 0 Å². The topological polar surface area (TPSA) is 68.0 Å². The number of benzene rings is 1. The van der Waals surface area contributed by atoms with Crippen molar-refractivity contribution in [2.45, 2.75) is 19.9 Å². The first-order chi connectivity index (χ1) is 8.52. The highest BCUT2D eigenvalue weighted by atomic mass is 19.1. The molecule has 0 saturated heterocycles. The molecule has 94 valence electrons. The Balaban J connectivity index is 2.72. The van der Waals surface area contributed by atoms with Crippen molar-refractivity contribution in [1.82, 2.24) is 15.0 Å². The van der Waals surface area contributed by atoms with Gasteiger partial charge in [0.1, 0.15) is 11.5 Å². The average Bonchev–Trinajstić information content (AvgIpc) is 2.74. The number of carbonyl (C=O) groups is 1. The Bertz CT molecular complexity index is 593. The number of aromatic nitrogens is 3. The van der Waals surface area contributed by atoms with Gasteiger partial charge in [0, 0.05) is 11.6 Å². The van der Waals surface area contributed by atoms with Crippen molar-refractivity contribution in [3.8, 4) is 11.3 Å². The van der Waals surface area contributed by atoms with Crippen LogP contribution in [-0.4, -0.2) is 26.1 Å². The van der Waals surface area contributed by atoms with Gasteiger partial charge in [0.2, 0.25) is 0 Å². The summed E-state index contributed by atoms with van der Waals surface area (Å²) in [6.07, 6.45) is 0. The Kier molecular flexibility index (Phi) is 3.10. The number of hydrogen-bond donors (Lipinski definition) is 1. The van der Waals surface area contributed by atoms with Crippen molar-refractivity contribution in [3.05, 3.63) is 35.8 Å². The molecule has 0 aliphatic heterocycles. The molecule has 0 unspecified atom stereocenters. The highest BCUT2D eigenvalue weighted by Gasteiger charge is 2.23. The van der Waals surface area contributed by atoms with E-state index in [4.69, 9.17) is 5.11 Å². The van der Waals surface area contributed by atoms with Gasteiger partial charge in [0.25, 0.3) is 0 Å². The summed E-state index contributed by atoms with van der Waals surface area (Å²) in [4.78, 5) is 11.1. The number of carboxylic acid groups (broad SMARTS) is 1. The Hall–Kier alpha value is -2.24. The number of carboxylic acids is 1. The number of rotatable bonds is 3. The Labute approximate surface area is 103 Å². The van der Waals surface area contributed by atoms with Crippen LogP contribution < -0.4 is 0 Å². The maximum absolute atomic E-state index is 13.8. The Morgan fingerprint density at radius 3 is 2.61 bits per heavy atom. The maximum Gasteiger partial charge on any atom is 0.358 e. The van der Waals surface area contributed by atoms with Crippen LogP contribution >= 0.6 is 0 Å². The summed E-state index contributed by atoms with van der Waals surface area (Å²) in [6.45, 7) is 3.65. The van der Waals surface area contributed by atoms with Crippen LogP contribution in [0.1, 0.15) is 30.4 Å². The zero-order valence-electron chi connectivity index (χ0n) is 9.96. The molecule has 0 atom stereocenters. The molecule has 0 radical (unpaired) electrons. The van der Waals surface area contributed by atoms with Crippen LogP contribution in [0.2, 0.25) is 0 Å². The lowest BCUT2D eigenvalue weighted by atomic mass is 10.1. The van der Waals surface area contributed by atoms with Gasteiger partial charge in [-0.3, -0.25) is 0 Å². The minimum atomic E-state index is -1.22. The van der Waals surface area contributed by atoms with E-state index in [-0.39, 0.29) is 23.0 Å². The monoisotopic (exact) mass is 249 g/mol. The lowest BCUT2D eigenvalue weighted by Crippen LogP contribution is -2.07. The molecule has 2 aromatic rings. The molecule has 1 heterocycles. The van der Waals surface area contributed by atoms with Crippen LogP contribution in [0.25, 0.3) is 11.3 Å². The first-order valence-electron chi connectivity index (χ1n) is 5.45. The SMILES string of the molecule is CC(C)n1nnc(C(=O)O)c1-c1ccccc1F. The molecule has 0 aliphatic rings. The van der Waals surface area contributed by atoms with Gasteiger partial charge < -0.3 is 5.11 Å². The fourth-order valence-electron chi connectivity index (χ4n) is 1.70. The zero-order chi connectivity index (χ0) is 13.3. The molecule has 1 aromatic heterocycles. The summed E-state index contributed by atoms with van der Waals surface area (Å²) in [5.41, 5.74) is 0.137. The number of aromatic carboxylic acids is 1. The van der Waals surface area contributed by atoms with E-state index in [0.717, 1.165) is 0 Å². The molecule has 5 nitrogen and oxygen atoms in total. The van der Waals surface area contributed by atoms with Crippen molar-refractivity contribution >= 4 is 5.97 Å². The largest absolute Gasteiger partial charge is 0.476 e. The van der Waals surface area contributed by atoms with Gasteiger partial charge in [0.05, 0.1) is 0 Å². The van der Waals surface area contributed by atoms with E-state index in [9.17, 15) is 9.18 Å². The Morgan fingerprint density at radius 2 is 2.06 bits per heavy atom. The molecule has 0 fully saturated rings. The summed E-state index contributed by atoms with van der Waals surface area (Å²) in [5.74, 6) is -1.72. The zero-order valence-corrected chi connectivity index (χ0v) is 9.96. The van der Waals surface area contributed by atoms with Gasteiger partial charge in [-0.2, -0.15) is 0 Å². The second-order valence-corrected chi connectivity index (χ2v) is 4.11. The normalized spacial score (nSPS) is 10.9. The average molecular weight is 249 g/mol. The predicted octanol–water partition coefficient (Wildman–Crippen LogP) is 2.36. The summed E-state index contributed by atoms with van der Waals surface area (Å²) >= 11 is 0. The Morgan fingerprint density at radius 1 is 1.39 bits per heavy atom. The third-order valence-electron chi connectivity index (χ3n) is 2.52. The summed E-state index contributed by atoms with van der Waals surface area (Å²) in [6, 6.07) is 5.86. The first-order valence-corrected chi connectivity index (χ1v) is 5.45. The molecule has 1 N–H and O–H groups in total. The van der Waals surface area contributed by atoms with Gasteiger partial charge in [0.15, 0.2) is 5.69 Å². The molecule has 18 heavy (non-hydrogen) atoms. The molecule has 0 aliphatic carbocycles. The summed E-state index contributed by atoms with van der Waals surface area (Å²) in [5, 5.41) is 16.4. The van der Waals surface area contributed by atoms with Crippen LogP contribution in [0.5, 0.6) is 0 Å². The fraction of sp³-hybridized carbons (Fsp3) is 0.250. The smallest absolute Gasteiger partial charge is 0.358 e. The van der Waals surface area contributed by atoms with Crippen LogP contribution in [0, 0.1) is 5.82 Å². The van der Waals surface area contributed by atoms with E-state index in [2.05, 4.69) is 10.3 Å². The van der Waals surface area contributed by atoms with Gasteiger partial charge in [-0.05, 0) is 26.0 Å². The minimum absolute atomic E-state index is 0.111. The van der Waals surface area contributed by atoms with Crippen molar-refractivity contribution in [1.29, 1.82) is 0 Å². The van der Waals surface area contributed by atoms with E-state index in [1.807, 2.05) is 13.8 Å². The first kappa shape index (κ1) is 12.2. The van der Waals surface area contributed by atoms with E-state index < -0.39 is 11.8 Å². The quantitative estimate of drug-likeness (QED) is 0.906. The van der Waals surface area contributed by atoms with Gasteiger partial charge in [-0.1, -0.05) is 17.3 Å². The standard InChI is InChI=1S/C12H12FN3O2/c1-7(2)16-11(10(12(17)18)14-15-16)8-5-3-4-6-9(8)13/h3-7H,1-2H3,(H,17,18). The molecular formula is C12H12FN3O2. The van der Waals surface area contributed by atoms with Gasteiger partial charge >= 0.3 is 5.97 Å². The van der Waals surface area contributed by atoms with Crippen LogP contribution in [0.15, 0.2) is 24.3 Å². The van der Waals surface area contributed by atoms with Crippen molar-refractivity contribution in [2.24, 2.45) is 0 Å². The lowest BCUT2D eigenvalue weighted by molar-refractivity contribution is 0.0691. The summed E-state index contributed by atoms with van der Waals surface area (Å²) < 4.78 is 15.2. The van der Waals surface area contributed by atoms with Crippen molar-refractivity contribution in [3.63, 3.8) is 0 Å². The minimum Gasteiger partial charge on any atom is -0.476 e. The van der Waals surface area contributed by atoms with Gasteiger partial charge in [-0.15, -0.1) is 5.10 Å². The number of nitrogens with zero attached hydrogens (tertiary/aromatic N) is 3. The highest BCUT2D eigenvalue weighted by Crippen LogP contribution is 2.27. The molecule has 0 amide bonds. The molecule has 2 rings (SSSR count). The molecule has 6 heteroatoms. The molecule has 0 spiro atoms. The molecule has 0 bridgehead atoms. The van der Waals surface area contributed by atoms with Crippen molar-refractivity contribution in [2.75, 3.05) is 0 Å². The second-order valence-electron chi connectivity index (χ2n) is 4.11. The van der Waals surface area contributed by atoms with E-state index in [1.54, 1.807) is 12.1 Å². The van der Waals surface area contributed by atoms with Crippen LogP contribution in [0.4, 0.5) is 4.39 Å². The third-order valence-corrected chi connectivity index (χ3v) is 2.52. The fourth-order valence-corrected chi connectivity index (χ4v) is 1.70. The van der Waals surface area contributed by atoms with Crippen LogP contribution in [-0.2, 0) is 0 Å². The summed E-state index contributed by atoms with van der Waals surface area (Å²) in [7, 11) is 0. The lowest BCUT2D eigenvalue weighted by Gasteiger charge is -2.10. The van der Waals surface area contributed by atoms with Crippen LogP contribution in [0.3, 0.4) is 0 Å². The van der Waals surface area contributed by atoms with E-state index >= 15 is 0 Å². The number of hydrogen-bond acceptors (Lipinski definition) is 3.